The summed E-state index contributed by atoms with van der Waals surface area (Å²) < 4.78 is 0. The van der Waals surface area contributed by atoms with E-state index in [0.29, 0.717) is 12.0 Å². The van der Waals surface area contributed by atoms with Crippen LogP contribution < -0.4 is 10.6 Å². The molecule has 0 radical (unpaired) electrons. The maximum absolute atomic E-state index is 12.1. The van der Waals surface area contributed by atoms with Crippen LogP contribution in [0.4, 0.5) is 5.69 Å². The third-order valence-corrected chi connectivity index (χ3v) is 3.70. The Kier molecular flexibility index (Phi) is 6.57. The Balaban J connectivity index is 2.49. The van der Waals surface area contributed by atoms with Crippen molar-refractivity contribution < 1.29 is 4.79 Å². The number of benzene rings is 1. The van der Waals surface area contributed by atoms with Crippen LogP contribution in [0.3, 0.4) is 0 Å². The Hall–Kier alpha value is -1.35. The topological polar surface area (TPSA) is 41.1 Å². The molecule has 0 bridgehead atoms. The van der Waals surface area contributed by atoms with E-state index in [0.717, 1.165) is 18.5 Å². The van der Waals surface area contributed by atoms with Crippen LogP contribution in [0, 0.1) is 5.92 Å². The van der Waals surface area contributed by atoms with Gasteiger partial charge in [0.15, 0.2) is 0 Å². The van der Waals surface area contributed by atoms with Gasteiger partial charge in [0, 0.05) is 11.7 Å². The van der Waals surface area contributed by atoms with Crippen LogP contribution >= 0.6 is 0 Å². The third-order valence-electron chi connectivity index (χ3n) is 3.70. The first-order valence-electron chi connectivity index (χ1n) is 7.20. The Labute approximate surface area is 116 Å². The molecule has 3 nitrogen and oxygen atoms in total. The number of amides is 1. The zero-order valence-corrected chi connectivity index (χ0v) is 12.4. The minimum Gasteiger partial charge on any atom is -0.325 e. The maximum Gasteiger partial charge on any atom is 0.241 e. The van der Waals surface area contributed by atoms with Crippen molar-refractivity contribution in [3.8, 4) is 0 Å². The minimum absolute atomic E-state index is 0.0176. The molecule has 0 spiro atoms. The molecule has 19 heavy (non-hydrogen) atoms. The van der Waals surface area contributed by atoms with Crippen molar-refractivity contribution in [2.24, 2.45) is 5.92 Å². The van der Waals surface area contributed by atoms with E-state index >= 15 is 0 Å². The number of rotatable bonds is 7. The average molecular weight is 262 g/mol. The van der Waals surface area contributed by atoms with Gasteiger partial charge in [-0.3, -0.25) is 4.79 Å². The van der Waals surface area contributed by atoms with Gasteiger partial charge in [0.25, 0.3) is 0 Å². The SMILES string of the molecule is CCC(CC)C(C)NC(C)C(=O)Nc1ccccc1. The third kappa shape index (κ3) is 5.03. The highest BCUT2D eigenvalue weighted by Gasteiger charge is 2.19. The first-order chi connectivity index (χ1) is 9.08. The molecule has 106 valence electrons. The maximum atomic E-state index is 12.1. The van der Waals surface area contributed by atoms with Crippen LogP contribution in [0.15, 0.2) is 30.3 Å². The van der Waals surface area contributed by atoms with Gasteiger partial charge in [0.1, 0.15) is 0 Å². The number of hydrogen-bond acceptors (Lipinski definition) is 2. The second kappa shape index (κ2) is 7.95. The molecule has 1 aromatic rings. The molecule has 0 heterocycles. The molecule has 2 unspecified atom stereocenters. The Bertz CT molecular complexity index is 374. The van der Waals surface area contributed by atoms with Crippen molar-refractivity contribution >= 4 is 11.6 Å². The summed E-state index contributed by atoms with van der Waals surface area (Å²) >= 11 is 0. The van der Waals surface area contributed by atoms with Crippen LogP contribution in [-0.4, -0.2) is 18.0 Å². The van der Waals surface area contributed by atoms with Crippen LogP contribution in [-0.2, 0) is 4.79 Å². The molecule has 1 aromatic carbocycles. The van der Waals surface area contributed by atoms with Gasteiger partial charge in [-0.2, -0.15) is 0 Å². The summed E-state index contributed by atoms with van der Waals surface area (Å²) in [5.41, 5.74) is 0.844. The van der Waals surface area contributed by atoms with E-state index in [2.05, 4.69) is 31.4 Å². The summed E-state index contributed by atoms with van der Waals surface area (Å²) in [7, 11) is 0. The van der Waals surface area contributed by atoms with Gasteiger partial charge in [-0.1, -0.05) is 44.9 Å². The van der Waals surface area contributed by atoms with Gasteiger partial charge in [-0.05, 0) is 31.9 Å². The molecule has 1 rings (SSSR count). The number of nitrogens with one attached hydrogen (secondary N) is 2. The van der Waals surface area contributed by atoms with Gasteiger partial charge in [0.05, 0.1) is 6.04 Å². The summed E-state index contributed by atoms with van der Waals surface area (Å²) in [6.45, 7) is 8.46. The van der Waals surface area contributed by atoms with Gasteiger partial charge in [-0.15, -0.1) is 0 Å². The molecule has 0 aliphatic carbocycles. The summed E-state index contributed by atoms with van der Waals surface area (Å²) in [5, 5.41) is 6.31. The summed E-state index contributed by atoms with van der Waals surface area (Å²) in [6, 6.07) is 9.74. The molecule has 0 aliphatic rings. The number of carbonyl (C=O) groups excluding carboxylic acids is 1. The summed E-state index contributed by atoms with van der Waals surface area (Å²) in [4.78, 5) is 12.1. The smallest absolute Gasteiger partial charge is 0.241 e. The predicted molar refractivity (Wildman–Crippen MR) is 81.2 cm³/mol. The van der Waals surface area contributed by atoms with E-state index in [1.54, 1.807) is 0 Å². The molecule has 2 N–H and O–H groups in total. The van der Waals surface area contributed by atoms with Gasteiger partial charge in [0.2, 0.25) is 5.91 Å². The highest BCUT2D eigenvalue weighted by molar-refractivity contribution is 5.94. The minimum atomic E-state index is -0.184. The van der Waals surface area contributed by atoms with Crippen molar-refractivity contribution in [2.45, 2.75) is 52.6 Å². The highest BCUT2D eigenvalue weighted by atomic mass is 16.2. The normalized spacial score (nSPS) is 14.2. The quantitative estimate of drug-likeness (QED) is 0.790. The van der Waals surface area contributed by atoms with Crippen molar-refractivity contribution in [1.82, 2.24) is 5.32 Å². The fourth-order valence-electron chi connectivity index (χ4n) is 2.37. The monoisotopic (exact) mass is 262 g/mol. The van der Waals surface area contributed by atoms with Crippen molar-refractivity contribution in [3.63, 3.8) is 0 Å². The lowest BCUT2D eigenvalue weighted by molar-refractivity contribution is -0.118. The zero-order valence-electron chi connectivity index (χ0n) is 12.4. The number of carbonyl (C=O) groups is 1. The first-order valence-corrected chi connectivity index (χ1v) is 7.20. The van der Waals surface area contributed by atoms with Crippen LogP contribution in [0.1, 0.15) is 40.5 Å². The first kappa shape index (κ1) is 15.7. The molecule has 2 atom stereocenters. The second-order valence-corrected chi connectivity index (χ2v) is 5.11. The number of hydrogen-bond donors (Lipinski definition) is 2. The Morgan fingerprint density at radius 3 is 2.21 bits per heavy atom. The average Bonchev–Trinajstić information content (AvgIpc) is 2.41. The molecule has 0 fully saturated rings. The number of para-hydroxylation sites is 1. The predicted octanol–water partition coefficient (Wildman–Crippen LogP) is 3.43. The molecule has 0 aromatic heterocycles. The zero-order chi connectivity index (χ0) is 14.3. The van der Waals surface area contributed by atoms with Crippen molar-refractivity contribution in [2.75, 3.05) is 5.32 Å². The van der Waals surface area contributed by atoms with E-state index in [4.69, 9.17) is 0 Å². The largest absolute Gasteiger partial charge is 0.325 e. The molecule has 0 aliphatic heterocycles. The van der Waals surface area contributed by atoms with Gasteiger partial charge >= 0.3 is 0 Å². The van der Waals surface area contributed by atoms with E-state index in [1.807, 2.05) is 37.3 Å². The Morgan fingerprint density at radius 1 is 1.11 bits per heavy atom. The van der Waals surface area contributed by atoms with Crippen LogP contribution in [0.25, 0.3) is 0 Å². The molecule has 0 saturated carbocycles. The van der Waals surface area contributed by atoms with Crippen LogP contribution in [0.2, 0.25) is 0 Å². The van der Waals surface area contributed by atoms with E-state index < -0.39 is 0 Å². The van der Waals surface area contributed by atoms with Crippen LogP contribution in [0.5, 0.6) is 0 Å². The lowest BCUT2D eigenvalue weighted by Crippen LogP contribution is -2.45. The lowest BCUT2D eigenvalue weighted by Gasteiger charge is -2.25. The van der Waals surface area contributed by atoms with Crippen molar-refractivity contribution in [3.05, 3.63) is 30.3 Å². The standard InChI is InChI=1S/C16H26N2O/c1-5-14(6-2)12(3)17-13(4)16(19)18-15-10-8-7-9-11-15/h7-14,17H,5-6H2,1-4H3,(H,18,19). The Morgan fingerprint density at radius 2 is 1.68 bits per heavy atom. The highest BCUT2D eigenvalue weighted by Crippen LogP contribution is 2.13. The second-order valence-electron chi connectivity index (χ2n) is 5.11. The molecule has 3 heteroatoms. The fraction of sp³-hybridized carbons (Fsp3) is 0.562. The summed E-state index contributed by atoms with van der Waals surface area (Å²) in [6.07, 6.45) is 2.27. The van der Waals surface area contributed by atoms with Gasteiger partial charge in [-0.25, -0.2) is 0 Å². The number of anilines is 1. The molecule has 0 saturated heterocycles. The van der Waals surface area contributed by atoms with E-state index in [1.165, 1.54) is 0 Å². The molecule has 1 amide bonds. The molecular formula is C16H26N2O. The lowest BCUT2D eigenvalue weighted by atomic mass is 9.95. The van der Waals surface area contributed by atoms with E-state index in [-0.39, 0.29) is 11.9 Å². The summed E-state index contributed by atoms with van der Waals surface area (Å²) in [5.74, 6) is 0.635. The molecular weight excluding hydrogens is 236 g/mol. The fourth-order valence-corrected chi connectivity index (χ4v) is 2.37. The van der Waals surface area contributed by atoms with Crippen molar-refractivity contribution in [1.29, 1.82) is 0 Å². The van der Waals surface area contributed by atoms with E-state index in [9.17, 15) is 4.79 Å². The van der Waals surface area contributed by atoms with Gasteiger partial charge < -0.3 is 10.6 Å².